The van der Waals surface area contributed by atoms with Crippen LogP contribution in [-0.2, 0) is 4.74 Å². The van der Waals surface area contributed by atoms with Crippen molar-refractivity contribution in [1.29, 1.82) is 0 Å². The Morgan fingerprint density at radius 3 is 2.47 bits per heavy atom. The van der Waals surface area contributed by atoms with E-state index in [-0.39, 0.29) is 6.04 Å². The van der Waals surface area contributed by atoms with Crippen molar-refractivity contribution in [3.63, 3.8) is 0 Å². The van der Waals surface area contributed by atoms with Crippen LogP contribution in [0.1, 0.15) is 24.4 Å². The molecular formula is C13H15Br2NO. The molecule has 2 nitrogen and oxygen atoms in total. The zero-order chi connectivity index (χ0) is 12.3. The smallest absolute Gasteiger partial charge is 0.113 e. The van der Waals surface area contributed by atoms with Gasteiger partial charge in [-0.25, -0.2) is 0 Å². The van der Waals surface area contributed by atoms with Crippen LogP contribution >= 0.6 is 31.9 Å². The lowest BCUT2D eigenvalue weighted by Gasteiger charge is -2.24. The minimum atomic E-state index is 0.129. The van der Waals surface area contributed by atoms with Crippen LogP contribution in [-0.4, -0.2) is 13.7 Å². The van der Waals surface area contributed by atoms with Crippen LogP contribution in [0.15, 0.2) is 39.0 Å². The van der Waals surface area contributed by atoms with E-state index >= 15 is 0 Å². The summed E-state index contributed by atoms with van der Waals surface area (Å²) in [7, 11) is 1.96. The molecule has 1 aliphatic heterocycles. The summed E-state index contributed by atoms with van der Waals surface area (Å²) in [6.07, 6.45) is 4.39. The van der Waals surface area contributed by atoms with Gasteiger partial charge in [0.15, 0.2) is 0 Å². The molecule has 0 radical (unpaired) electrons. The molecule has 4 heteroatoms. The van der Waals surface area contributed by atoms with Gasteiger partial charge in [-0.3, -0.25) is 0 Å². The van der Waals surface area contributed by atoms with Gasteiger partial charge in [0, 0.05) is 8.95 Å². The van der Waals surface area contributed by atoms with Gasteiger partial charge < -0.3 is 10.1 Å². The zero-order valence-corrected chi connectivity index (χ0v) is 12.8. The first-order chi connectivity index (χ1) is 8.20. The SMILES string of the molecule is CNC(C1=CCCCO1)c1cc(Br)cc(Br)c1. The molecule has 1 aliphatic rings. The summed E-state index contributed by atoms with van der Waals surface area (Å²) in [4.78, 5) is 0. The molecule has 0 amide bonds. The average molecular weight is 361 g/mol. The molecule has 1 N–H and O–H groups in total. The summed E-state index contributed by atoms with van der Waals surface area (Å²) in [5.41, 5.74) is 1.20. The Kier molecular flexibility index (Phi) is 4.65. The number of hydrogen-bond acceptors (Lipinski definition) is 2. The molecule has 2 rings (SSSR count). The molecule has 0 aliphatic carbocycles. The van der Waals surface area contributed by atoms with Crippen LogP contribution in [0.3, 0.4) is 0 Å². The van der Waals surface area contributed by atoms with E-state index in [0.29, 0.717) is 0 Å². The summed E-state index contributed by atoms with van der Waals surface area (Å²) in [5.74, 6) is 1.03. The summed E-state index contributed by atoms with van der Waals surface area (Å²) >= 11 is 7.03. The van der Waals surface area contributed by atoms with E-state index in [0.717, 1.165) is 34.2 Å². The Balaban J connectivity index is 2.31. The van der Waals surface area contributed by atoms with E-state index in [1.54, 1.807) is 0 Å². The van der Waals surface area contributed by atoms with E-state index in [9.17, 15) is 0 Å². The third kappa shape index (κ3) is 3.33. The first-order valence-corrected chi connectivity index (χ1v) is 7.25. The van der Waals surface area contributed by atoms with Gasteiger partial charge in [-0.1, -0.05) is 31.9 Å². The fraction of sp³-hybridized carbons (Fsp3) is 0.385. The Labute approximate surface area is 119 Å². The van der Waals surface area contributed by atoms with E-state index in [1.165, 1.54) is 5.56 Å². The van der Waals surface area contributed by atoms with Gasteiger partial charge in [-0.2, -0.15) is 0 Å². The summed E-state index contributed by atoms with van der Waals surface area (Å²) in [6, 6.07) is 6.39. The van der Waals surface area contributed by atoms with Crippen LogP contribution in [0.4, 0.5) is 0 Å². The van der Waals surface area contributed by atoms with Crippen LogP contribution < -0.4 is 5.32 Å². The topological polar surface area (TPSA) is 21.3 Å². The number of benzene rings is 1. The molecule has 0 saturated heterocycles. The molecule has 1 aromatic rings. The molecule has 1 unspecified atom stereocenters. The maximum absolute atomic E-state index is 5.73. The molecule has 0 fully saturated rings. The molecule has 1 atom stereocenters. The highest BCUT2D eigenvalue weighted by Crippen LogP contribution is 2.30. The largest absolute Gasteiger partial charge is 0.496 e. The minimum absolute atomic E-state index is 0.129. The second-order valence-electron chi connectivity index (χ2n) is 4.02. The Morgan fingerprint density at radius 2 is 1.94 bits per heavy atom. The van der Waals surface area contributed by atoms with Crippen LogP contribution in [0.25, 0.3) is 0 Å². The molecule has 17 heavy (non-hydrogen) atoms. The lowest BCUT2D eigenvalue weighted by molar-refractivity contribution is 0.169. The number of nitrogens with one attached hydrogen (secondary N) is 1. The third-order valence-electron chi connectivity index (χ3n) is 2.75. The van der Waals surface area contributed by atoms with E-state index in [1.807, 2.05) is 13.1 Å². The van der Waals surface area contributed by atoms with Crippen molar-refractivity contribution in [3.05, 3.63) is 44.5 Å². The van der Waals surface area contributed by atoms with Crippen molar-refractivity contribution in [2.24, 2.45) is 0 Å². The van der Waals surface area contributed by atoms with Gasteiger partial charge in [-0.05, 0) is 49.7 Å². The van der Waals surface area contributed by atoms with E-state index < -0.39 is 0 Å². The number of ether oxygens (including phenoxy) is 1. The fourth-order valence-corrected chi connectivity index (χ4v) is 3.32. The second kappa shape index (κ2) is 6.03. The number of rotatable bonds is 3. The quantitative estimate of drug-likeness (QED) is 0.873. The van der Waals surface area contributed by atoms with Crippen molar-refractivity contribution in [2.75, 3.05) is 13.7 Å². The molecule has 1 aromatic carbocycles. The number of halogens is 2. The van der Waals surface area contributed by atoms with Crippen LogP contribution in [0.2, 0.25) is 0 Å². The summed E-state index contributed by atoms with van der Waals surface area (Å²) in [6.45, 7) is 0.819. The van der Waals surface area contributed by atoms with Gasteiger partial charge in [0.25, 0.3) is 0 Å². The van der Waals surface area contributed by atoms with Crippen molar-refractivity contribution < 1.29 is 4.74 Å². The first-order valence-electron chi connectivity index (χ1n) is 5.67. The lowest BCUT2D eigenvalue weighted by Crippen LogP contribution is -2.22. The van der Waals surface area contributed by atoms with E-state index in [4.69, 9.17) is 4.74 Å². The molecule has 0 spiro atoms. The van der Waals surface area contributed by atoms with Gasteiger partial charge in [0.05, 0.1) is 12.6 Å². The lowest BCUT2D eigenvalue weighted by atomic mass is 10.0. The highest BCUT2D eigenvalue weighted by Gasteiger charge is 2.18. The molecule has 0 aromatic heterocycles. The maximum Gasteiger partial charge on any atom is 0.113 e. The predicted molar refractivity (Wildman–Crippen MR) is 76.9 cm³/mol. The fourth-order valence-electron chi connectivity index (χ4n) is 1.99. The highest BCUT2D eigenvalue weighted by molar-refractivity contribution is 9.11. The summed E-state index contributed by atoms with van der Waals surface area (Å²) < 4.78 is 7.87. The molecule has 0 saturated carbocycles. The van der Waals surface area contributed by atoms with Crippen molar-refractivity contribution in [3.8, 4) is 0 Å². The highest BCUT2D eigenvalue weighted by atomic mass is 79.9. The number of allylic oxidation sites excluding steroid dienone is 1. The maximum atomic E-state index is 5.73. The van der Waals surface area contributed by atoms with E-state index in [2.05, 4.69) is 55.4 Å². The Bertz CT molecular complexity index is 411. The van der Waals surface area contributed by atoms with Gasteiger partial charge in [0.2, 0.25) is 0 Å². The molecule has 92 valence electrons. The molecular weight excluding hydrogens is 346 g/mol. The van der Waals surface area contributed by atoms with Crippen LogP contribution in [0, 0.1) is 0 Å². The first kappa shape index (κ1) is 13.1. The van der Waals surface area contributed by atoms with Crippen molar-refractivity contribution >= 4 is 31.9 Å². The Hall–Kier alpha value is -0.320. The van der Waals surface area contributed by atoms with Crippen molar-refractivity contribution in [1.82, 2.24) is 5.32 Å². The minimum Gasteiger partial charge on any atom is -0.496 e. The predicted octanol–water partition coefficient (Wildman–Crippen LogP) is 4.17. The second-order valence-corrected chi connectivity index (χ2v) is 5.85. The van der Waals surface area contributed by atoms with Gasteiger partial charge >= 0.3 is 0 Å². The van der Waals surface area contributed by atoms with Gasteiger partial charge in [0.1, 0.15) is 5.76 Å². The monoisotopic (exact) mass is 359 g/mol. The van der Waals surface area contributed by atoms with Gasteiger partial charge in [-0.15, -0.1) is 0 Å². The van der Waals surface area contributed by atoms with Crippen LogP contribution in [0.5, 0.6) is 0 Å². The standard InChI is InChI=1S/C13H15Br2NO/c1-16-13(12-4-2-3-5-17-12)9-6-10(14)8-11(15)7-9/h4,6-8,13,16H,2-3,5H2,1H3. The van der Waals surface area contributed by atoms with Crippen molar-refractivity contribution in [2.45, 2.75) is 18.9 Å². The third-order valence-corrected chi connectivity index (χ3v) is 3.67. The number of hydrogen-bond donors (Lipinski definition) is 1. The number of likely N-dealkylation sites (N-methyl/N-ethyl adjacent to an activating group) is 1. The molecule has 0 bridgehead atoms. The zero-order valence-electron chi connectivity index (χ0n) is 9.67. The normalized spacial score (nSPS) is 17.2. The summed E-state index contributed by atoms with van der Waals surface area (Å²) in [5, 5.41) is 3.31. The molecule has 1 heterocycles. The Morgan fingerprint density at radius 1 is 1.24 bits per heavy atom. The average Bonchev–Trinajstić information content (AvgIpc) is 2.30.